The van der Waals surface area contributed by atoms with E-state index in [0.717, 1.165) is 30.6 Å². The van der Waals surface area contributed by atoms with E-state index < -0.39 is 17.3 Å². The second kappa shape index (κ2) is 7.60. The summed E-state index contributed by atoms with van der Waals surface area (Å²) < 4.78 is 16.4. The molecular weight excluding hydrogens is 415 g/mol. The summed E-state index contributed by atoms with van der Waals surface area (Å²) in [5.74, 6) is -1.26. The van der Waals surface area contributed by atoms with Crippen LogP contribution in [0.15, 0.2) is 47.8 Å². The molecule has 1 saturated carbocycles. The van der Waals surface area contributed by atoms with Gasteiger partial charge in [-0.15, -0.1) is 11.3 Å². The topological polar surface area (TPSA) is 67.2 Å². The maximum absolute atomic E-state index is 14.8. The maximum Gasteiger partial charge on any atom is 0.277 e. The minimum atomic E-state index is -1.31. The van der Waals surface area contributed by atoms with Gasteiger partial charge in [-0.05, 0) is 49.4 Å². The molecule has 1 atom stereocenters. The van der Waals surface area contributed by atoms with E-state index in [0.29, 0.717) is 11.4 Å². The van der Waals surface area contributed by atoms with Gasteiger partial charge in [0.05, 0.1) is 17.1 Å². The Kier molecular flexibility index (Phi) is 4.89. The van der Waals surface area contributed by atoms with E-state index in [1.54, 1.807) is 35.9 Å². The molecule has 2 aliphatic rings. The van der Waals surface area contributed by atoms with Crippen molar-refractivity contribution in [2.24, 2.45) is 0 Å². The Morgan fingerprint density at radius 1 is 1.23 bits per heavy atom. The monoisotopic (exact) mass is 438 g/mol. The number of fused-ring (bicyclic) bond motifs is 1. The lowest BCUT2D eigenvalue weighted by atomic mass is 9.93. The van der Waals surface area contributed by atoms with E-state index in [9.17, 15) is 14.0 Å². The number of nitrogens with zero attached hydrogens (tertiary/aromatic N) is 3. The number of aromatic nitrogens is 2. The molecule has 2 aromatic heterocycles. The van der Waals surface area contributed by atoms with Crippen molar-refractivity contribution in [3.05, 3.63) is 59.4 Å². The molecule has 31 heavy (non-hydrogen) atoms. The molecule has 1 aliphatic heterocycles. The summed E-state index contributed by atoms with van der Waals surface area (Å²) in [4.78, 5) is 29.4. The summed E-state index contributed by atoms with van der Waals surface area (Å²) in [7, 11) is 0. The van der Waals surface area contributed by atoms with E-state index in [1.807, 2.05) is 17.5 Å². The molecule has 1 aromatic carbocycles. The van der Waals surface area contributed by atoms with Crippen LogP contribution < -0.4 is 10.2 Å². The highest BCUT2D eigenvalue weighted by molar-refractivity contribution is 7.13. The number of anilines is 1. The fraction of sp³-hybridized carbons (Fsp3) is 0.348. The lowest BCUT2D eigenvalue weighted by molar-refractivity contribution is -0.127. The van der Waals surface area contributed by atoms with Gasteiger partial charge in [0.15, 0.2) is 0 Å². The number of amides is 2. The van der Waals surface area contributed by atoms with Crippen molar-refractivity contribution in [1.82, 2.24) is 15.1 Å². The first-order valence-corrected chi connectivity index (χ1v) is 11.4. The summed E-state index contributed by atoms with van der Waals surface area (Å²) in [6.07, 6.45) is 3.99. The van der Waals surface area contributed by atoms with Crippen molar-refractivity contribution >= 4 is 28.8 Å². The number of rotatable bonds is 4. The minimum Gasteiger partial charge on any atom is -0.351 e. The van der Waals surface area contributed by atoms with Gasteiger partial charge in [0, 0.05) is 6.04 Å². The average molecular weight is 439 g/mol. The Bertz CT molecular complexity index is 1140. The van der Waals surface area contributed by atoms with Crippen LogP contribution in [0.3, 0.4) is 0 Å². The molecule has 0 unspecified atom stereocenters. The molecule has 0 spiro atoms. The summed E-state index contributed by atoms with van der Waals surface area (Å²) in [6, 6.07) is 11.8. The summed E-state index contributed by atoms with van der Waals surface area (Å²) in [6.45, 7) is 1.84. The Labute approximate surface area is 183 Å². The van der Waals surface area contributed by atoms with Crippen LogP contribution in [0.4, 0.5) is 10.1 Å². The van der Waals surface area contributed by atoms with Gasteiger partial charge in [-0.2, -0.15) is 5.10 Å². The minimum absolute atomic E-state index is 0.0857. The van der Waals surface area contributed by atoms with E-state index in [-0.39, 0.29) is 24.2 Å². The van der Waals surface area contributed by atoms with E-state index in [1.165, 1.54) is 22.3 Å². The van der Waals surface area contributed by atoms with E-state index in [4.69, 9.17) is 0 Å². The number of halogens is 1. The van der Waals surface area contributed by atoms with Crippen LogP contribution in [0.2, 0.25) is 0 Å². The second-order valence-corrected chi connectivity index (χ2v) is 9.32. The van der Waals surface area contributed by atoms with Gasteiger partial charge in [-0.3, -0.25) is 19.2 Å². The zero-order chi connectivity index (χ0) is 21.6. The molecule has 2 amide bonds. The van der Waals surface area contributed by atoms with Crippen LogP contribution in [-0.4, -0.2) is 33.2 Å². The number of thiophene rings is 1. The van der Waals surface area contributed by atoms with Gasteiger partial charge in [0.1, 0.15) is 22.7 Å². The lowest BCUT2D eigenvalue weighted by Gasteiger charge is -2.43. The molecule has 3 aromatic rings. The van der Waals surface area contributed by atoms with Crippen LogP contribution >= 0.6 is 11.3 Å². The van der Waals surface area contributed by atoms with Crippen molar-refractivity contribution in [1.29, 1.82) is 0 Å². The largest absolute Gasteiger partial charge is 0.351 e. The zero-order valence-corrected chi connectivity index (χ0v) is 18.0. The molecule has 8 heteroatoms. The number of nitrogens with one attached hydrogen (secondary N) is 1. The smallest absolute Gasteiger partial charge is 0.277 e. The normalized spacial score (nSPS) is 21.4. The fourth-order valence-corrected chi connectivity index (χ4v) is 5.23. The third-order valence-electron chi connectivity index (χ3n) is 6.20. The first-order chi connectivity index (χ1) is 15.0. The van der Waals surface area contributed by atoms with Gasteiger partial charge in [0.25, 0.3) is 5.91 Å². The van der Waals surface area contributed by atoms with Crippen molar-refractivity contribution in [2.75, 3.05) is 4.90 Å². The molecule has 1 N–H and O–H groups in total. The summed E-state index contributed by atoms with van der Waals surface area (Å²) in [5, 5.41) is 9.65. The van der Waals surface area contributed by atoms with Crippen LogP contribution in [-0.2, 0) is 11.3 Å². The molecule has 0 saturated heterocycles. The van der Waals surface area contributed by atoms with Gasteiger partial charge in [-0.1, -0.05) is 31.0 Å². The van der Waals surface area contributed by atoms with Gasteiger partial charge in [0.2, 0.25) is 5.91 Å². The molecule has 1 aliphatic carbocycles. The fourth-order valence-electron chi connectivity index (χ4n) is 4.55. The number of hydrogen-bond donors (Lipinski definition) is 1. The third-order valence-corrected chi connectivity index (χ3v) is 7.09. The molecular formula is C23H23FN4O2S. The number of carbonyl (C=O) groups excluding carboxylic acids is 2. The first-order valence-electron chi connectivity index (χ1n) is 10.5. The molecule has 5 rings (SSSR count). The zero-order valence-electron chi connectivity index (χ0n) is 17.2. The number of hydrogen-bond acceptors (Lipinski definition) is 4. The Morgan fingerprint density at radius 2 is 2.00 bits per heavy atom. The molecule has 160 valence electrons. The first kappa shape index (κ1) is 19.9. The highest BCUT2D eigenvalue weighted by Crippen LogP contribution is 2.36. The maximum atomic E-state index is 14.8. The van der Waals surface area contributed by atoms with Gasteiger partial charge >= 0.3 is 0 Å². The Hall–Kier alpha value is -3.00. The molecule has 0 bridgehead atoms. The highest BCUT2D eigenvalue weighted by Gasteiger charge is 2.50. The van der Waals surface area contributed by atoms with Crippen LogP contribution in [0, 0.1) is 5.82 Å². The Balaban J connectivity index is 1.60. The molecule has 3 heterocycles. The van der Waals surface area contributed by atoms with Crippen molar-refractivity contribution < 1.29 is 14.0 Å². The summed E-state index contributed by atoms with van der Waals surface area (Å²) in [5.41, 5.74) is -0.195. The number of carbonyl (C=O) groups is 2. The van der Waals surface area contributed by atoms with Crippen LogP contribution in [0.5, 0.6) is 0 Å². The standard InChI is InChI=1S/C23H23FN4O2S/c1-23(22(30)25-15-7-2-3-8-15)14-27-19(13-17(26-27)20-11-6-12-31-20)21(29)28(23)18-10-5-4-9-16(18)24/h4-6,9-13,15H,2-3,7-8,14H2,1H3,(H,25,30)/t23-/m1/s1. The van der Waals surface area contributed by atoms with Crippen LogP contribution in [0.1, 0.15) is 43.1 Å². The van der Waals surface area contributed by atoms with Crippen LogP contribution in [0.25, 0.3) is 10.6 Å². The van der Waals surface area contributed by atoms with Crippen molar-refractivity contribution in [3.8, 4) is 10.6 Å². The SMILES string of the molecule is C[C@]1(C(=O)NC2CCCC2)Cn2nc(-c3cccs3)cc2C(=O)N1c1ccccc1F. The Morgan fingerprint density at radius 3 is 2.71 bits per heavy atom. The second-order valence-electron chi connectivity index (χ2n) is 8.37. The van der Waals surface area contributed by atoms with Crippen molar-refractivity contribution in [3.63, 3.8) is 0 Å². The average Bonchev–Trinajstić information content (AvgIpc) is 3.50. The number of para-hydroxylation sites is 1. The predicted octanol–water partition coefficient (Wildman–Crippen LogP) is 4.23. The van der Waals surface area contributed by atoms with E-state index >= 15 is 0 Å². The van der Waals surface area contributed by atoms with Crippen molar-refractivity contribution in [2.45, 2.75) is 50.7 Å². The van der Waals surface area contributed by atoms with E-state index in [2.05, 4.69) is 10.4 Å². The summed E-state index contributed by atoms with van der Waals surface area (Å²) >= 11 is 1.53. The molecule has 6 nitrogen and oxygen atoms in total. The third kappa shape index (κ3) is 3.35. The predicted molar refractivity (Wildman–Crippen MR) is 118 cm³/mol. The van der Waals surface area contributed by atoms with Gasteiger partial charge in [-0.25, -0.2) is 4.39 Å². The lowest BCUT2D eigenvalue weighted by Crippen LogP contribution is -2.65. The molecule has 0 radical (unpaired) electrons. The number of benzene rings is 1. The molecule has 1 fully saturated rings. The quantitative estimate of drug-likeness (QED) is 0.663. The van der Waals surface area contributed by atoms with Gasteiger partial charge < -0.3 is 5.32 Å². The highest BCUT2D eigenvalue weighted by atomic mass is 32.1.